The van der Waals surface area contributed by atoms with Gasteiger partial charge in [0.1, 0.15) is 11.4 Å². The summed E-state index contributed by atoms with van der Waals surface area (Å²) >= 11 is 2.99. The van der Waals surface area contributed by atoms with Crippen molar-refractivity contribution in [3.63, 3.8) is 0 Å². The Morgan fingerprint density at radius 1 is 1.48 bits per heavy atom. The van der Waals surface area contributed by atoms with Gasteiger partial charge < -0.3 is 5.11 Å². The number of hydrogen-bond donors (Lipinski definition) is 1. The Labute approximate surface area is 124 Å². The fraction of sp³-hybridized carbons (Fsp3) is 0.500. The maximum Gasteiger partial charge on any atom is 0.296 e. The zero-order valence-electron chi connectivity index (χ0n) is 10.5. The van der Waals surface area contributed by atoms with Gasteiger partial charge in [-0.3, -0.25) is 9.48 Å². The van der Waals surface area contributed by atoms with Crippen LogP contribution in [0.25, 0.3) is 0 Å². The van der Waals surface area contributed by atoms with E-state index >= 15 is 0 Å². The lowest BCUT2D eigenvalue weighted by molar-refractivity contribution is -0.164. The van der Waals surface area contributed by atoms with Gasteiger partial charge in [-0.1, -0.05) is 0 Å². The van der Waals surface area contributed by atoms with Crippen LogP contribution >= 0.6 is 15.9 Å². The van der Waals surface area contributed by atoms with Gasteiger partial charge in [-0.25, -0.2) is 17.6 Å². The van der Waals surface area contributed by atoms with E-state index in [-0.39, 0.29) is 15.2 Å². The molecule has 11 heteroatoms. The number of aryl methyl sites for hydroxylation is 1. The Bertz CT molecular complexity index is 586. The normalized spacial score (nSPS) is 22.3. The Balaban J connectivity index is 2.46. The molecular weight excluding hydrogens is 364 g/mol. The van der Waals surface area contributed by atoms with Crippen LogP contribution < -0.4 is 0 Å². The summed E-state index contributed by atoms with van der Waals surface area (Å²) in [6.45, 7) is 0. The van der Waals surface area contributed by atoms with E-state index < -0.39 is 36.6 Å². The van der Waals surface area contributed by atoms with E-state index in [1.54, 1.807) is 0 Å². The molecule has 0 spiro atoms. The molecule has 1 amide bonds. The minimum Gasteiger partial charge on any atom is -0.364 e. The van der Waals surface area contributed by atoms with Gasteiger partial charge in [0.25, 0.3) is 18.8 Å². The Hall–Kier alpha value is -1.49. The first-order chi connectivity index (χ1) is 9.68. The molecule has 21 heavy (non-hydrogen) atoms. The summed E-state index contributed by atoms with van der Waals surface area (Å²) < 4.78 is 52.5. The van der Waals surface area contributed by atoms with Crippen LogP contribution in [-0.2, 0) is 7.05 Å². The number of alkyl halides is 4. The minimum absolute atomic E-state index is 0.0130. The fourth-order valence-electron chi connectivity index (χ4n) is 1.86. The molecule has 1 atom stereocenters. The molecule has 1 aliphatic rings. The van der Waals surface area contributed by atoms with Gasteiger partial charge in [0.2, 0.25) is 5.72 Å². The van der Waals surface area contributed by atoms with Crippen molar-refractivity contribution in [2.75, 3.05) is 0 Å². The first kappa shape index (κ1) is 15.9. The molecule has 0 aliphatic carbocycles. The molecule has 116 valence electrons. The standard InChI is InChI=1S/C10H9BrF4N4O2/c1-18-6(4(11)3-16-18)8(20)19-10(21,9(14)15)2-5(17-19)7(12)13/h3,7,9,21H,2H2,1H3/t10-/m0/s1. The highest BCUT2D eigenvalue weighted by Crippen LogP contribution is 2.35. The number of hydrogen-bond acceptors (Lipinski definition) is 4. The highest BCUT2D eigenvalue weighted by Gasteiger charge is 2.54. The predicted molar refractivity (Wildman–Crippen MR) is 66.1 cm³/mol. The third-order valence-corrected chi connectivity index (χ3v) is 3.51. The Morgan fingerprint density at radius 3 is 2.52 bits per heavy atom. The van der Waals surface area contributed by atoms with Crippen LogP contribution in [0.3, 0.4) is 0 Å². The fourth-order valence-corrected chi connectivity index (χ4v) is 2.37. The van der Waals surface area contributed by atoms with Gasteiger partial charge in [-0.05, 0) is 15.9 Å². The van der Waals surface area contributed by atoms with Gasteiger partial charge >= 0.3 is 0 Å². The monoisotopic (exact) mass is 372 g/mol. The third-order valence-electron chi connectivity index (χ3n) is 2.93. The summed E-state index contributed by atoms with van der Waals surface area (Å²) in [5.74, 6) is -1.17. The summed E-state index contributed by atoms with van der Waals surface area (Å²) in [7, 11) is 1.35. The van der Waals surface area contributed by atoms with Gasteiger partial charge in [0.15, 0.2) is 0 Å². The van der Waals surface area contributed by atoms with Crippen molar-refractivity contribution in [1.82, 2.24) is 14.8 Å². The number of carbonyl (C=O) groups excluding carboxylic acids is 1. The van der Waals surface area contributed by atoms with Gasteiger partial charge in [0.05, 0.1) is 10.7 Å². The van der Waals surface area contributed by atoms with Crippen LogP contribution in [0.1, 0.15) is 16.9 Å². The molecule has 6 nitrogen and oxygen atoms in total. The maximum atomic E-state index is 13.0. The summed E-state index contributed by atoms with van der Waals surface area (Å²) in [6.07, 6.45) is -6.51. The number of aliphatic hydroxyl groups is 1. The number of hydrazone groups is 1. The van der Waals surface area contributed by atoms with Crippen LogP contribution in [0.2, 0.25) is 0 Å². The maximum absolute atomic E-state index is 13.0. The number of carbonyl (C=O) groups is 1. The van der Waals surface area contributed by atoms with Crippen molar-refractivity contribution in [3.05, 3.63) is 16.4 Å². The lowest BCUT2D eigenvalue weighted by Gasteiger charge is -2.29. The van der Waals surface area contributed by atoms with E-state index in [4.69, 9.17) is 0 Å². The van der Waals surface area contributed by atoms with E-state index in [0.29, 0.717) is 0 Å². The SMILES string of the molecule is Cn1ncc(Br)c1C(=O)N1N=C(C(F)F)C[C@]1(O)C(F)F. The smallest absolute Gasteiger partial charge is 0.296 e. The average molecular weight is 373 g/mol. The molecule has 1 aliphatic heterocycles. The second-order valence-corrected chi connectivity index (χ2v) is 5.18. The van der Waals surface area contributed by atoms with Gasteiger partial charge in [0, 0.05) is 13.5 Å². The molecule has 0 radical (unpaired) electrons. The molecule has 1 N–H and O–H groups in total. The first-order valence-corrected chi connectivity index (χ1v) is 6.36. The molecule has 2 rings (SSSR count). The molecule has 0 unspecified atom stereocenters. The van der Waals surface area contributed by atoms with Crippen LogP contribution in [-0.4, -0.2) is 50.1 Å². The van der Waals surface area contributed by atoms with E-state index in [9.17, 15) is 27.5 Å². The van der Waals surface area contributed by atoms with Crippen LogP contribution in [0.15, 0.2) is 15.8 Å². The summed E-state index contributed by atoms with van der Waals surface area (Å²) in [4.78, 5) is 12.2. The predicted octanol–water partition coefficient (Wildman–Crippen LogP) is 1.60. The molecule has 1 aromatic heterocycles. The van der Waals surface area contributed by atoms with Crippen molar-refractivity contribution in [2.24, 2.45) is 12.1 Å². The van der Waals surface area contributed by atoms with Crippen LogP contribution in [0, 0.1) is 0 Å². The van der Waals surface area contributed by atoms with Gasteiger partial charge in [-0.2, -0.15) is 15.2 Å². The average Bonchev–Trinajstić information content (AvgIpc) is 2.91. The molecule has 1 aromatic rings. The summed E-state index contributed by atoms with van der Waals surface area (Å²) in [5.41, 5.74) is -4.29. The largest absolute Gasteiger partial charge is 0.364 e. The zero-order chi connectivity index (χ0) is 15.9. The van der Waals surface area contributed by atoms with Crippen molar-refractivity contribution >= 4 is 27.5 Å². The summed E-state index contributed by atoms with van der Waals surface area (Å²) in [5, 5.41) is 16.7. The lowest BCUT2D eigenvalue weighted by Crippen LogP contribution is -2.52. The van der Waals surface area contributed by atoms with E-state index in [2.05, 4.69) is 26.1 Å². The first-order valence-electron chi connectivity index (χ1n) is 5.56. The lowest BCUT2D eigenvalue weighted by atomic mass is 10.1. The molecule has 0 fully saturated rings. The van der Waals surface area contributed by atoms with E-state index in [1.165, 1.54) is 13.2 Å². The number of amides is 1. The topological polar surface area (TPSA) is 70.7 Å². The van der Waals surface area contributed by atoms with Crippen LogP contribution in [0.5, 0.6) is 0 Å². The van der Waals surface area contributed by atoms with Crippen molar-refractivity contribution in [3.8, 4) is 0 Å². The third kappa shape index (κ3) is 2.55. The summed E-state index contributed by atoms with van der Waals surface area (Å²) in [6, 6.07) is 0. The Morgan fingerprint density at radius 2 is 2.10 bits per heavy atom. The Kier molecular flexibility index (Phi) is 4.06. The molecule has 0 saturated carbocycles. The van der Waals surface area contributed by atoms with Crippen molar-refractivity contribution in [1.29, 1.82) is 0 Å². The molecule has 0 aromatic carbocycles. The second kappa shape index (κ2) is 5.37. The van der Waals surface area contributed by atoms with Crippen molar-refractivity contribution < 1.29 is 27.5 Å². The highest BCUT2D eigenvalue weighted by molar-refractivity contribution is 9.10. The molecule has 0 saturated heterocycles. The number of halogens is 5. The van der Waals surface area contributed by atoms with Crippen LogP contribution in [0.4, 0.5) is 17.6 Å². The number of nitrogens with zero attached hydrogens (tertiary/aromatic N) is 4. The van der Waals surface area contributed by atoms with Gasteiger partial charge in [-0.15, -0.1) is 0 Å². The number of rotatable bonds is 3. The van der Waals surface area contributed by atoms with Crippen molar-refractivity contribution in [2.45, 2.75) is 25.0 Å². The molecule has 0 bridgehead atoms. The van der Waals surface area contributed by atoms with E-state index in [1.807, 2.05) is 0 Å². The molecular formula is C10H9BrF4N4O2. The minimum atomic E-state index is -3.46. The number of aromatic nitrogens is 2. The molecule has 2 heterocycles. The highest BCUT2D eigenvalue weighted by atomic mass is 79.9. The second-order valence-electron chi connectivity index (χ2n) is 4.33. The zero-order valence-corrected chi connectivity index (χ0v) is 12.1. The quantitative estimate of drug-likeness (QED) is 0.819. The van der Waals surface area contributed by atoms with E-state index in [0.717, 1.165) is 4.68 Å².